The quantitative estimate of drug-likeness (QED) is 0.778. The largest absolute Gasteiger partial charge is 0.347 e. The van der Waals surface area contributed by atoms with Crippen molar-refractivity contribution < 1.29 is 4.79 Å². The molecular weight excluding hydrogens is 282 g/mol. The van der Waals surface area contributed by atoms with E-state index >= 15 is 0 Å². The summed E-state index contributed by atoms with van der Waals surface area (Å²) < 4.78 is 1.01. The molecule has 6 heteroatoms. The molecule has 0 aliphatic heterocycles. The zero-order chi connectivity index (χ0) is 13.2. The van der Waals surface area contributed by atoms with E-state index in [1.807, 2.05) is 24.3 Å². The van der Waals surface area contributed by atoms with Crippen molar-refractivity contribution >= 4 is 38.9 Å². The zero-order valence-electron chi connectivity index (χ0n) is 9.81. The van der Waals surface area contributed by atoms with Crippen LogP contribution in [0.25, 0.3) is 10.1 Å². The third-order valence-corrected chi connectivity index (χ3v) is 4.41. The number of nitrogens with zero attached hydrogens (tertiary/aromatic N) is 1. The zero-order valence-corrected chi connectivity index (χ0v) is 11.4. The van der Waals surface area contributed by atoms with E-state index in [1.165, 1.54) is 11.3 Å². The number of rotatable bonds is 3. The van der Waals surface area contributed by atoms with Gasteiger partial charge in [0.25, 0.3) is 5.91 Å². The number of carbonyl (C=O) groups excluding carboxylic acids is 1. The number of amides is 1. The summed E-state index contributed by atoms with van der Waals surface area (Å²) in [5.41, 5.74) is 0.852. The summed E-state index contributed by atoms with van der Waals surface area (Å²) in [7, 11) is 0. The molecule has 0 aliphatic rings. The molecule has 1 amide bonds. The number of aromatic nitrogens is 2. The molecule has 1 aromatic carbocycles. The molecule has 0 saturated heterocycles. The molecule has 0 radical (unpaired) electrons. The standard InChI is InChI=1S/C13H10ClN3OS/c14-11-9-3-1-2-4-10(9)19-12(11)13(18)16-6-8-5-15-7-17-8/h1-5,7H,6H2,(H,15,17)(H,16,18). The molecule has 2 aromatic heterocycles. The van der Waals surface area contributed by atoms with Crippen LogP contribution in [-0.4, -0.2) is 15.9 Å². The Morgan fingerprint density at radius 2 is 2.26 bits per heavy atom. The van der Waals surface area contributed by atoms with Crippen molar-refractivity contribution in [3.05, 3.63) is 52.4 Å². The fourth-order valence-corrected chi connectivity index (χ4v) is 3.23. The summed E-state index contributed by atoms with van der Waals surface area (Å²) in [5, 5.41) is 4.25. The van der Waals surface area contributed by atoms with Crippen LogP contribution in [0.2, 0.25) is 5.02 Å². The van der Waals surface area contributed by atoms with Crippen molar-refractivity contribution in [1.29, 1.82) is 0 Å². The predicted molar refractivity (Wildman–Crippen MR) is 76.6 cm³/mol. The summed E-state index contributed by atoms with van der Waals surface area (Å²) in [6.45, 7) is 0.406. The number of hydrogen-bond donors (Lipinski definition) is 2. The maximum atomic E-state index is 12.1. The van der Waals surface area contributed by atoms with Crippen LogP contribution in [-0.2, 0) is 6.54 Å². The Kier molecular flexibility index (Phi) is 3.23. The third-order valence-electron chi connectivity index (χ3n) is 2.74. The molecule has 0 bridgehead atoms. The van der Waals surface area contributed by atoms with E-state index in [0.29, 0.717) is 16.4 Å². The number of hydrogen-bond acceptors (Lipinski definition) is 3. The van der Waals surface area contributed by atoms with E-state index in [1.54, 1.807) is 12.5 Å². The molecule has 2 heterocycles. The monoisotopic (exact) mass is 291 g/mol. The molecule has 0 aliphatic carbocycles. The van der Waals surface area contributed by atoms with Crippen LogP contribution in [0.15, 0.2) is 36.8 Å². The normalized spacial score (nSPS) is 10.8. The maximum absolute atomic E-state index is 12.1. The van der Waals surface area contributed by atoms with E-state index in [-0.39, 0.29) is 5.91 Å². The molecule has 19 heavy (non-hydrogen) atoms. The number of nitrogens with one attached hydrogen (secondary N) is 2. The third kappa shape index (κ3) is 2.34. The van der Waals surface area contributed by atoms with Crippen molar-refractivity contribution in [2.45, 2.75) is 6.54 Å². The minimum absolute atomic E-state index is 0.166. The first-order chi connectivity index (χ1) is 9.25. The van der Waals surface area contributed by atoms with Crippen LogP contribution >= 0.6 is 22.9 Å². The van der Waals surface area contributed by atoms with Crippen molar-refractivity contribution in [2.24, 2.45) is 0 Å². The Hall–Kier alpha value is -1.85. The molecule has 96 valence electrons. The maximum Gasteiger partial charge on any atom is 0.263 e. The van der Waals surface area contributed by atoms with Crippen LogP contribution in [0.5, 0.6) is 0 Å². The molecule has 3 rings (SSSR count). The van der Waals surface area contributed by atoms with Gasteiger partial charge in [-0.3, -0.25) is 4.79 Å². The summed E-state index contributed by atoms with van der Waals surface area (Å²) in [6.07, 6.45) is 3.25. The number of thiophene rings is 1. The predicted octanol–water partition coefficient (Wildman–Crippen LogP) is 3.21. The highest BCUT2D eigenvalue weighted by molar-refractivity contribution is 7.21. The van der Waals surface area contributed by atoms with Gasteiger partial charge >= 0.3 is 0 Å². The SMILES string of the molecule is O=C(NCc1cnc[nH]1)c1sc2ccccc2c1Cl. The second-order valence-electron chi connectivity index (χ2n) is 4.00. The number of aromatic amines is 1. The lowest BCUT2D eigenvalue weighted by atomic mass is 10.2. The van der Waals surface area contributed by atoms with E-state index in [9.17, 15) is 4.79 Å². The lowest BCUT2D eigenvalue weighted by Gasteiger charge is -2.01. The highest BCUT2D eigenvalue weighted by atomic mass is 35.5. The Morgan fingerprint density at radius 1 is 1.42 bits per heavy atom. The van der Waals surface area contributed by atoms with E-state index in [0.717, 1.165) is 15.8 Å². The molecular formula is C13H10ClN3OS. The molecule has 0 atom stereocenters. The number of H-pyrrole nitrogens is 1. The minimum atomic E-state index is -0.166. The minimum Gasteiger partial charge on any atom is -0.347 e. The van der Waals surface area contributed by atoms with Crippen molar-refractivity contribution in [3.63, 3.8) is 0 Å². The lowest BCUT2D eigenvalue weighted by Crippen LogP contribution is -2.22. The average Bonchev–Trinajstić information content (AvgIpc) is 3.05. The van der Waals surface area contributed by atoms with E-state index in [2.05, 4.69) is 15.3 Å². The van der Waals surface area contributed by atoms with Crippen molar-refractivity contribution in [3.8, 4) is 0 Å². The highest BCUT2D eigenvalue weighted by Crippen LogP contribution is 2.34. The van der Waals surface area contributed by atoms with Gasteiger partial charge in [0.05, 0.1) is 23.6 Å². The first-order valence-electron chi connectivity index (χ1n) is 5.68. The second-order valence-corrected chi connectivity index (χ2v) is 5.43. The Bertz CT molecular complexity index is 721. The Morgan fingerprint density at radius 3 is 3.00 bits per heavy atom. The van der Waals surface area contributed by atoms with Gasteiger partial charge in [0.1, 0.15) is 4.88 Å². The Balaban J connectivity index is 1.83. The van der Waals surface area contributed by atoms with Gasteiger partial charge in [0.15, 0.2) is 0 Å². The Labute approximate surface area is 118 Å². The molecule has 0 unspecified atom stereocenters. The average molecular weight is 292 g/mol. The summed E-state index contributed by atoms with van der Waals surface area (Å²) in [6, 6.07) is 7.71. The topological polar surface area (TPSA) is 57.8 Å². The van der Waals surface area contributed by atoms with Gasteiger partial charge in [0, 0.05) is 16.3 Å². The van der Waals surface area contributed by atoms with Gasteiger partial charge in [-0.2, -0.15) is 0 Å². The van der Waals surface area contributed by atoms with E-state index in [4.69, 9.17) is 11.6 Å². The molecule has 0 saturated carbocycles. The van der Waals surface area contributed by atoms with Gasteiger partial charge in [-0.1, -0.05) is 29.8 Å². The summed E-state index contributed by atoms with van der Waals surface area (Å²) in [4.78, 5) is 19.5. The van der Waals surface area contributed by atoms with Gasteiger partial charge in [-0.25, -0.2) is 4.98 Å². The van der Waals surface area contributed by atoms with Crippen LogP contribution < -0.4 is 5.32 Å². The van der Waals surface area contributed by atoms with Crippen LogP contribution in [0.3, 0.4) is 0 Å². The number of fused-ring (bicyclic) bond motifs is 1. The van der Waals surface area contributed by atoms with Crippen LogP contribution in [0, 0.1) is 0 Å². The highest BCUT2D eigenvalue weighted by Gasteiger charge is 2.16. The van der Waals surface area contributed by atoms with Gasteiger partial charge in [0.2, 0.25) is 0 Å². The number of carbonyl (C=O) groups is 1. The van der Waals surface area contributed by atoms with E-state index < -0.39 is 0 Å². The smallest absolute Gasteiger partial charge is 0.263 e. The first kappa shape index (κ1) is 12.2. The molecule has 2 N–H and O–H groups in total. The van der Waals surface area contributed by atoms with Crippen molar-refractivity contribution in [1.82, 2.24) is 15.3 Å². The lowest BCUT2D eigenvalue weighted by molar-refractivity contribution is 0.0954. The fraction of sp³-hybridized carbons (Fsp3) is 0.0769. The summed E-state index contributed by atoms with van der Waals surface area (Å²) >= 11 is 7.64. The number of imidazole rings is 1. The van der Waals surface area contributed by atoms with Crippen molar-refractivity contribution in [2.75, 3.05) is 0 Å². The first-order valence-corrected chi connectivity index (χ1v) is 6.87. The molecule has 3 aromatic rings. The molecule has 0 fully saturated rings. The molecule has 4 nitrogen and oxygen atoms in total. The molecule has 0 spiro atoms. The number of benzene rings is 1. The van der Waals surface area contributed by atoms with Crippen LogP contribution in [0.4, 0.5) is 0 Å². The number of halogens is 1. The van der Waals surface area contributed by atoms with Gasteiger partial charge in [-0.05, 0) is 6.07 Å². The second kappa shape index (κ2) is 5.03. The van der Waals surface area contributed by atoms with Crippen LogP contribution in [0.1, 0.15) is 15.4 Å². The van der Waals surface area contributed by atoms with Gasteiger partial charge < -0.3 is 10.3 Å². The fourth-order valence-electron chi connectivity index (χ4n) is 1.80. The van der Waals surface area contributed by atoms with Gasteiger partial charge in [-0.15, -0.1) is 11.3 Å². The summed E-state index contributed by atoms with van der Waals surface area (Å²) in [5.74, 6) is -0.166.